The zero-order valence-corrected chi connectivity index (χ0v) is 11.7. The summed E-state index contributed by atoms with van der Waals surface area (Å²) >= 11 is 0. The first-order chi connectivity index (χ1) is 10.3. The average Bonchev–Trinajstić information content (AvgIpc) is 3.00. The molecule has 6 heteroatoms. The smallest absolute Gasteiger partial charge is 0.335 e. The van der Waals surface area contributed by atoms with E-state index in [-0.39, 0.29) is 5.56 Å². The number of aromatic nitrogens is 2. The molecule has 0 unspecified atom stereocenters. The highest BCUT2D eigenvalue weighted by Gasteiger charge is 2.01. The lowest BCUT2D eigenvalue weighted by Gasteiger charge is -2.08. The van der Waals surface area contributed by atoms with Crippen molar-refractivity contribution in [1.29, 1.82) is 0 Å². The third kappa shape index (κ3) is 5.27. The lowest BCUT2D eigenvalue weighted by Crippen LogP contribution is -2.23. The number of aromatic carboxylic acids is 1. The molecule has 1 aromatic heterocycles. The van der Waals surface area contributed by atoms with Crippen molar-refractivity contribution in [2.75, 3.05) is 19.7 Å². The predicted molar refractivity (Wildman–Crippen MR) is 78.6 cm³/mol. The summed E-state index contributed by atoms with van der Waals surface area (Å²) in [5, 5.41) is 16.2. The molecule has 1 aromatic carbocycles. The van der Waals surface area contributed by atoms with Crippen molar-refractivity contribution in [2.24, 2.45) is 0 Å². The standard InChI is InChI=1S/C15H19N3O3/c19-15(20)13-3-5-14(6-4-13)21-12-9-16-7-1-10-18-11-2-8-17-18/h2-6,8,11,16H,1,7,9-10,12H2,(H,19,20). The number of carbonyl (C=O) groups is 1. The van der Waals surface area contributed by atoms with Gasteiger partial charge in [0.05, 0.1) is 5.56 Å². The highest BCUT2D eigenvalue weighted by Crippen LogP contribution is 2.11. The third-order valence-corrected chi connectivity index (χ3v) is 2.95. The van der Waals surface area contributed by atoms with Crippen molar-refractivity contribution in [3.8, 4) is 5.75 Å². The number of rotatable bonds is 9. The van der Waals surface area contributed by atoms with Gasteiger partial charge in [-0.25, -0.2) is 4.79 Å². The van der Waals surface area contributed by atoms with Crippen LogP contribution in [0.4, 0.5) is 0 Å². The Morgan fingerprint density at radius 2 is 2.10 bits per heavy atom. The molecule has 0 aliphatic heterocycles. The van der Waals surface area contributed by atoms with Gasteiger partial charge in [-0.3, -0.25) is 4.68 Å². The van der Waals surface area contributed by atoms with Gasteiger partial charge in [-0.2, -0.15) is 5.10 Å². The Morgan fingerprint density at radius 1 is 1.29 bits per heavy atom. The Kier molecular flexibility index (Phi) is 5.78. The first-order valence-electron chi connectivity index (χ1n) is 6.90. The molecule has 0 aliphatic carbocycles. The van der Waals surface area contributed by atoms with E-state index < -0.39 is 5.97 Å². The highest BCUT2D eigenvalue weighted by molar-refractivity contribution is 5.87. The van der Waals surface area contributed by atoms with E-state index in [0.717, 1.165) is 26.1 Å². The Labute approximate surface area is 123 Å². The summed E-state index contributed by atoms with van der Waals surface area (Å²) in [4.78, 5) is 10.7. The van der Waals surface area contributed by atoms with Gasteiger partial charge in [0.1, 0.15) is 12.4 Å². The lowest BCUT2D eigenvalue weighted by molar-refractivity contribution is 0.0697. The van der Waals surface area contributed by atoms with Crippen LogP contribution in [-0.4, -0.2) is 40.6 Å². The summed E-state index contributed by atoms with van der Waals surface area (Å²) in [6.07, 6.45) is 4.73. The van der Waals surface area contributed by atoms with Crippen LogP contribution < -0.4 is 10.1 Å². The number of nitrogens with zero attached hydrogens (tertiary/aromatic N) is 2. The maximum absolute atomic E-state index is 10.7. The third-order valence-electron chi connectivity index (χ3n) is 2.95. The van der Waals surface area contributed by atoms with Crippen molar-refractivity contribution >= 4 is 5.97 Å². The molecule has 1 heterocycles. The van der Waals surface area contributed by atoms with Gasteiger partial charge in [0.2, 0.25) is 0 Å². The minimum Gasteiger partial charge on any atom is -0.492 e. The van der Waals surface area contributed by atoms with E-state index in [4.69, 9.17) is 9.84 Å². The molecule has 0 saturated heterocycles. The average molecular weight is 289 g/mol. The molecule has 6 nitrogen and oxygen atoms in total. The van der Waals surface area contributed by atoms with Gasteiger partial charge in [-0.05, 0) is 43.3 Å². The number of nitrogens with one attached hydrogen (secondary N) is 1. The van der Waals surface area contributed by atoms with Crippen molar-refractivity contribution in [1.82, 2.24) is 15.1 Å². The molecule has 0 spiro atoms. The molecule has 2 aromatic rings. The van der Waals surface area contributed by atoms with E-state index in [1.165, 1.54) is 12.1 Å². The van der Waals surface area contributed by atoms with Crippen LogP contribution in [0, 0.1) is 0 Å². The van der Waals surface area contributed by atoms with Crippen LogP contribution in [0.15, 0.2) is 42.7 Å². The molecule has 2 rings (SSSR count). The van der Waals surface area contributed by atoms with Gasteiger partial charge >= 0.3 is 5.97 Å². The second kappa shape index (κ2) is 8.06. The second-order valence-electron chi connectivity index (χ2n) is 4.55. The molecule has 21 heavy (non-hydrogen) atoms. The van der Waals surface area contributed by atoms with Crippen LogP contribution >= 0.6 is 0 Å². The zero-order chi connectivity index (χ0) is 14.9. The van der Waals surface area contributed by atoms with Crippen LogP contribution in [0.1, 0.15) is 16.8 Å². The van der Waals surface area contributed by atoms with Gasteiger partial charge in [0.15, 0.2) is 0 Å². The fourth-order valence-corrected chi connectivity index (χ4v) is 1.86. The highest BCUT2D eigenvalue weighted by atomic mass is 16.5. The normalized spacial score (nSPS) is 10.5. The molecule has 0 radical (unpaired) electrons. The van der Waals surface area contributed by atoms with Crippen LogP contribution in [0.3, 0.4) is 0 Å². The monoisotopic (exact) mass is 289 g/mol. The second-order valence-corrected chi connectivity index (χ2v) is 4.55. The summed E-state index contributed by atoms with van der Waals surface area (Å²) in [7, 11) is 0. The molecule has 0 amide bonds. The largest absolute Gasteiger partial charge is 0.492 e. The molecule has 0 bridgehead atoms. The fourth-order valence-electron chi connectivity index (χ4n) is 1.86. The van der Waals surface area contributed by atoms with E-state index in [2.05, 4.69) is 10.4 Å². The van der Waals surface area contributed by atoms with E-state index >= 15 is 0 Å². The summed E-state index contributed by atoms with van der Waals surface area (Å²) < 4.78 is 7.43. The summed E-state index contributed by atoms with van der Waals surface area (Å²) in [5.41, 5.74) is 0.263. The number of carboxylic acids is 1. The quantitative estimate of drug-likeness (QED) is 0.686. The number of hydrogen-bond acceptors (Lipinski definition) is 4. The SMILES string of the molecule is O=C(O)c1ccc(OCCNCCCn2cccn2)cc1. The van der Waals surface area contributed by atoms with Crippen molar-refractivity contribution in [3.63, 3.8) is 0 Å². The van der Waals surface area contributed by atoms with Gasteiger partial charge in [0, 0.05) is 25.5 Å². The number of carboxylic acid groups (broad SMARTS) is 1. The molecular formula is C15H19N3O3. The predicted octanol–water partition coefficient (Wildman–Crippen LogP) is 1.64. The maximum Gasteiger partial charge on any atom is 0.335 e. The first kappa shape index (κ1) is 15.1. The van der Waals surface area contributed by atoms with Gasteiger partial charge < -0.3 is 15.2 Å². The summed E-state index contributed by atoms with van der Waals surface area (Å²) in [6.45, 7) is 3.10. The molecule has 0 fully saturated rings. The maximum atomic E-state index is 10.7. The van der Waals surface area contributed by atoms with Gasteiger partial charge in [0.25, 0.3) is 0 Å². The number of ether oxygens (including phenoxy) is 1. The molecule has 2 N–H and O–H groups in total. The molecule has 0 atom stereocenters. The van der Waals surface area contributed by atoms with E-state index in [9.17, 15) is 4.79 Å². The fraction of sp³-hybridized carbons (Fsp3) is 0.333. The molecule has 112 valence electrons. The topological polar surface area (TPSA) is 76.4 Å². The number of hydrogen-bond donors (Lipinski definition) is 2. The Hall–Kier alpha value is -2.34. The van der Waals surface area contributed by atoms with Gasteiger partial charge in [-0.15, -0.1) is 0 Å². The lowest BCUT2D eigenvalue weighted by atomic mass is 10.2. The van der Waals surface area contributed by atoms with Crippen molar-refractivity contribution < 1.29 is 14.6 Å². The Balaban J connectivity index is 1.54. The summed E-state index contributed by atoms with van der Waals surface area (Å²) in [6, 6.07) is 8.32. The van der Waals surface area contributed by atoms with Crippen molar-refractivity contribution in [3.05, 3.63) is 48.3 Å². The van der Waals surface area contributed by atoms with Crippen LogP contribution in [0.25, 0.3) is 0 Å². The van der Waals surface area contributed by atoms with Gasteiger partial charge in [-0.1, -0.05) is 0 Å². The van der Waals surface area contributed by atoms with Crippen LogP contribution in [0.2, 0.25) is 0 Å². The Morgan fingerprint density at radius 3 is 2.76 bits per heavy atom. The number of aryl methyl sites for hydroxylation is 1. The van der Waals surface area contributed by atoms with Crippen LogP contribution in [0.5, 0.6) is 5.75 Å². The molecular weight excluding hydrogens is 270 g/mol. The zero-order valence-electron chi connectivity index (χ0n) is 11.7. The molecule has 0 aliphatic rings. The Bertz CT molecular complexity index is 538. The molecule has 0 saturated carbocycles. The minimum absolute atomic E-state index is 0.263. The van der Waals surface area contributed by atoms with E-state index in [0.29, 0.717) is 12.4 Å². The van der Waals surface area contributed by atoms with Crippen LogP contribution in [-0.2, 0) is 6.54 Å². The minimum atomic E-state index is -0.930. The van der Waals surface area contributed by atoms with E-state index in [1.807, 2.05) is 16.9 Å². The van der Waals surface area contributed by atoms with Crippen molar-refractivity contribution in [2.45, 2.75) is 13.0 Å². The number of benzene rings is 1. The first-order valence-corrected chi connectivity index (χ1v) is 6.90. The summed E-state index contributed by atoms with van der Waals surface area (Å²) in [5.74, 6) is -0.251. The van der Waals surface area contributed by atoms with E-state index in [1.54, 1.807) is 18.3 Å².